The van der Waals surface area contributed by atoms with E-state index in [0.29, 0.717) is 6.04 Å². The van der Waals surface area contributed by atoms with E-state index >= 15 is 0 Å². The van der Waals surface area contributed by atoms with Gasteiger partial charge in [-0.25, -0.2) is 4.98 Å². The lowest BCUT2D eigenvalue weighted by Crippen LogP contribution is -2.19. The maximum atomic E-state index is 4.33. The van der Waals surface area contributed by atoms with Gasteiger partial charge in [-0.1, -0.05) is 19.3 Å². The molecule has 2 aromatic rings. The molecule has 3 heteroatoms. The number of nitrogens with zero attached hydrogens (tertiary/aromatic N) is 2. The van der Waals surface area contributed by atoms with E-state index in [9.17, 15) is 0 Å². The van der Waals surface area contributed by atoms with Crippen LogP contribution < -0.4 is 0 Å². The Bertz CT molecular complexity index is 494. The normalized spacial score (nSPS) is 23.6. The summed E-state index contributed by atoms with van der Waals surface area (Å²) in [6.07, 6.45) is 11.1. The molecule has 0 N–H and O–H groups in total. The Morgan fingerprint density at radius 1 is 1.24 bits per heavy atom. The molecule has 0 saturated heterocycles. The van der Waals surface area contributed by atoms with Gasteiger partial charge in [0.25, 0.3) is 0 Å². The molecule has 1 atom stereocenters. The third kappa shape index (κ3) is 1.35. The highest BCUT2D eigenvalue weighted by molar-refractivity contribution is 7.10. The van der Waals surface area contributed by atoms with E-state index in [1.165, 1.54) is 43.4 Å². The lowest BCUT2D eigenvalue weighted by molar-refractivity contribution is 0.288. The number of aromatic nitrogens is 2. The predicted octanol–water partition coefficient (Wildman–Crippen LogP) is 4.09. The van der Waals surface area contributed by atoms with Crippen molar-refractivity contribution >= 4 is 11.3 Å². The lowest BCUT2D eigenvalue weighted by atomic mass is 9.83. The van der Waals surface area contributed by atoms with Crippen LogP contribution in [-0.4, -0.2) is 9.55 Å². The fourth-order valence-corrected chi connectivity index (χ4v) is 4.61. The topological polar surface area (TPSA) is 17.8 Å². The van der Waals surface area contributed by atoms with E-state index in [0.717, 1.165) is 5.92 Å². The summed E-state index contributed by atoms with van der Waals surface area (Å²) in [5.74, 6) is 0.830. The first kappa shape index (κ1) is 9.89. The zero-order chi connectivity index (χ0) is 11.2. The molecule has 4 rings (SSSR count). The molecule has 0 amide bonds. The van der Waals surface area contributed by atoms with Crippen molar-refractivity contribution in [2.45, 2.75) is 38.1 Å². The zero-order valence-corrected chi connectivity index (χ0v) is 10.6. The molecule has 2 nitrogen and oxygen atoms in total. The van der Waals surface area contributed by atoms with Crippen LogP contribution in [0.25, 0.3) is 11.3 Å². The van der Waals surface area contributed by atoms with Crippen molar-refractivity contribution < 1.29 is 0 Å². The van der Waals surface area contributed by atoms with Crippen LogP contribution in [0.1, 0.15) is 43.0 Å². The molecule has 0 radical (unpaired) electrons. The molecule has 17 heavy (non-hydrogen) atoms. The maximum absolute atomic E-state index is 4.33. The van der Waals surface area contributed by atoms with E-state index in [4.69, 9.17) is 0 Å². The van der Waals surface area contributed by atoms with Crippen molar-refractivity contribution in [2.24, 2.45) is 5.92 Å². The van der Waals surface area contributed by atoms with Gasteiger partial charge < -0.3 is 4.57 Å². The zero-order valence-electron chi connectivity index (χ0n) is 9.80. The minimum absolute atomic E-state index is 0.586. The fraction of sp³-hybridized carbons (Fsp3) is 0.500. The highest BCUT2D eigenvalue weighted by Gasteiger charge is 2.35. The third-order valence-electron chi connectivity index (χ3n) is 4.30. The van der Waals surface area contributed by atoms with Crippen LogP contribution in [0.5, 0.6) is 0 Å². The maximum Gasteiger partial charge on any atom is 0.0957 e. The molecule has 2 aliphatic rings. The second kappa shape index (κ2) is 3.70. The van der Waals surface area contributed by atoms with Gasteiger partial charge in [0.1, 0.15) is 0 Å². The van der Waals surface area contributed by atoms with Crippen molar-refractivity contribution in [1.29, 1.82) is 0 Å². The SMILES string of the molecule is c1cc2c(s1)C(C1CCCCC1)n1cncc1-2. The molecule has 88 valence electrons. The molecule has 1 saturated carbocycles. The lowest BCUT2D eigenvalue weighted by Gasteiger charge is -2.28. The Hall–Kier alpha value is -1.09. The second-order valence-electron chi connectivity index (χ2n) is 5.23. The Labute approximate surface area is 105 Å². The molecule has 3 heterocycles. The molecule has 1 unspecified atom stereocenters. The molecule has 0 spiro atoms. The standard InChI is InChI=1S/C14H16N2S/c1-2-4-10(5-3-1)13-14-11(6-7-17-14)12-8-15-9-16(12)13/h6-10,13H,1-5H2. The molecule has 1 aliphatic heterocycles. The van der Waals surface area contributed by atoms with Crippen molar-refractivity contribution in [3.05, 3.63) is 28.8 Å². The number of rotatable bonds is 1. The highest BCUT2D eigenvalue weighted by atomic mass is 32.1. The van der Waals surface area contributed by atoms with E-state index in [2.05, 4.69) is 21.0 Å². The van der Waals surface area contributed by atoms with Gasteiger partial charge in [-0.2, -0.15) is 0 Å². The van der Waals surface area contributed by atoms with Gasteiger partial charge in [0, 0.05) is 10.4 Å². The predicted molar refractivity (Wildman–Crippen MR) is 70.3 cm³/mol. The summed E-state index contributed by atoms with van der Waals surface area (Å²) in [7, 11) is 0. The minimum atomic E-state index is 0.586. The first-order chi connectivity index (χ1) is 8.45. The Balaban J connectivity index is 1.81. The summed E-state index contributed by atoms with van der Waals surface area (Å²) >= 11 is 1.93. The Morgan fingerprint density at radius 3 is 3.00 bits per heavy atom. The van der Waals surface area contributed by atoms with Crippen LogP contribution in [-0.2, 0) is 0 Å². The average molecular weight is 244 g/mol. The van der Waals surface area contributed by atoms with E-state index in [1.807, 2.05) is 23.9 Å². The molecule has 1 fully saturated rings. The van der Waals surface area contributed by atoms with Crippen LogP contribution in [0.2, 0.25) is 0 Å². The Kier molecular flexibility index (Phi) is 2.15. The second-order valence-corrected chi connectivity index (χ2v) is 6.18. The smallest absolute Gasteiger partial charge is 0.0957 e. The highest BCUT2D eigenvalue weighted by Crippen LogP contribution is 2.49. The number of thiophene rings is 1. The molecular weight excluding hydrogens is 228 g/mol. The van der Waals surface area contributed by atoms with Gasteiger partial charge in [0.15, 0.2) is 0 Å². The summed E-state index contributed by atoms with van der Waals surface area (Å²) in [4.78, 5) is 5.91. The van der Waals surface area contributed by atoms with Crippen LogP contribution >= 0.6 is 11.3 Å². The number of fused-ring (bicyclic) bond motifs is 3. The van der Waals surface area contributed by atoms with Gasteiger partial charge in [-0.15, -0.1) is 11.3 Å². The number of hydrogen-bond acceptors (Lipinski definition) is 2. The average Bonchev–Trinajstić information content (AvgIpc) is 3.01. The van der Waals surface area contributed by atoms with Gasteiger partial charge in [-0.3, -0.25) is 0 Å². The molecule has 0 bridgehead atoms. The van der Waals surface area contributed by atoms with Gasteiger partial charge in [-0.05, 0) is 30.2 Å². The van der Waals surface area contributed by atoms with E-state index < -0.39 is 0 Å². The van der Waals surface area contributed by atoms with Crippen molar-refractivity contribution in [3.8, 4) is 11.3 Å². The summed E-state index contributed by atoms with van der Waals surface area (Å²) in [6, 6.07) is 2.85. The number of imidazole rings is 1. The minimum Gasteiger partial charge on any atom is -0.322 e. The van der Waals surface area contributed by atoms with Crippen LogP contribution in [0.4, 0.5) is 0 Å². The molecular formula is C14H16N2S. The summed E-state index contributed by atoms with van der Waals surface area (Å²) < 4.78 is 2.41. The summed E-state index contributed by atoms with van der Waals surface area (Å²) in [5.41, 5.74) is 2.76. The third-order valence-corrected chi connectivity index (χ3v) is 5.29. The first-order valence-corrected chi connectivity index (χ1v) is 7.43. The molecule has 0 aromatic carbocycles. The summed E-state index contributed by atoms with van der Waals surface area (Å²) in [5, 5.41) is 2.23. The van der Waals surface area contributed by atoms with Crippen LogP contribution in [0.15, 0.2) is 24.0 Å². The monoisotopic (exact) mass is 244 g/mol. The quantitative estimate of drug-likeness (QED) is 0.738. The van der Waals surface area contributed by atoms with Crippen molar-refractivity contribution in [3.63, 3.8) is 0 Å². The van der Waals surface area contributed by atoms with E-state index in [-0.39, 0.29) is 0 Å². The van der Waals surface area contributed by atoms with Crippen molar-refractivity contribution in [2.75, 3.05) is 0 Å². The molecule has 2 aromatic heterocycles. The van der Waals surface area contributed by atoms with Crippen LogP contribution in [0, 0.1) is 5.92 Å². The summed E-state index contributed by atoms with van der Waals surface area (Å²) in [6.45, 7) is 0. The largest absolute Gasteiger partial charge is 0.322 e. The Morgan fingerprint density at radius 2 is 2.12 bits per heavy atom. The fourth-order valence-electron chi connectivity index (χ4n) is 3.51. The van der Waals surface area contributed by atoms with Gasteiger partial charge in [0.05, 0.1) is 24.3 Å². The number of hydrogen-bond donors (Lipinski definition) is 0. The first-order valence-electron chi connectivity index (χ1n) is 6.55. The van der Waals surface area contributed by atoms with Gasteiger partial charge in [0.2, 0.25) is 0 Å². The van der Waals surface area contributed by atoms with Crippen LogP contribution in [0.3, 0.4) is 0 Å². The van der Waals surface area contributed by atoms with Gasteiger partial charge >= 0.3 is 0 Å². The molecule has 1 aliphatic carbocycles. The van der Waals surface area contributed by atoms with Crippen molar-refractivity contribution in [1.82, 2.24) is 9.55 Å². The van der Waals surface area contributed by atoms with E-state index in [1.54, 1.807) is 4.88 Å².